The van der Waals surface area contributed by atoms with E-state index < -0.39 is 0 Å². The van der Waals surface area contributed by atoms with E-state index >= 15 is 0 Å². The van der Waals surface area contributed by atoms with Crippen molar-refractivity contribution in [1.82, 2.24) is 19.7 Å². The highest BCUT2D eigenvalue weighted by Crippen LogP contribution is 2.27. The van der Waals surface area contributed by atoms with Gasteiger partial charge in [0, 0.05) is 18.3 Å². The topological polar surface area (TPSA) is 81.9 Å². The van der Waals surface area contributed by atoms with Crippen LogP contribution in [0.25, 0.3) is 0 Å². The monoisotopic (exact) mass is 451 g/mol. The molecule has 2 heterocycles. The smallest absolute Gasteiger partial charge is 0.234 e. The van der Waals surface area contributed by atoms with E-state index in [1.165, 1.54) is 11.8 Å². The van der Waals surface area contributed by atoms with Crippen LogP contribution >= 0.6 is 35.0 Å². The number of nitrogens with one attached hydrogen (secondary N) is 1. The van der Waals surface area contributed by atoms with Gasteiger partial charge in [0.25, 0.3) is 0 Å². The maximum atomic E-state index is 12.2. The average molecular weight is 452 g/mol. The molecule has 0 bridgehead atoms. The van der Waals surface area contributed by atoms with Crippen LogP contribution in [0.15, 0.2) is 41.7 Å². The molecule has 10 heteroatoms. The molecule has 0 fully saturated rings. The highest BCUT2D eigenvalue weighted by Gasteiger charge is 2.18. The summed E-state index contributed by atoms with van der Waals surface area (Å²) in [6.07, 6.45) is 1.23. The summed E-state index contributed by atoms with van der Waals surface area (Å²) in [5.41, 5.74) is 1.41. The third kappa shape index (κ3) is 5.41. The Labute approximate surface area is 182 Å². The molecule has 0 radical (unpaired) electrons. The van der Waals surface area contributed by atoms with Gasteiger partial charge in [-0.1, -0.05) is 35.0 Å². The van der Waals surface area contributed by atoms with E-state index in [0.29, 0.717) is 27.4 Å². The normalized spacial score (nSPS) is 11.9. The zero-order chi connectivity index (χ0) is 21.0. The number of rotatable bonds is 7. The standard InChI is InChI=1S/C19H19Cl2N5O2S/c1-11-9-13(6-7-14(11)20)28-12(2)18-24-25-19(26(18)3)29-10-16(27)23-15-5-4-8-22-17(15)21/h4-9,12H,10H2,1-3H3,(H,23,27). The van der Waals surface area contributed by atoms with Crippen LogP contribution in [0.2, 0.25) is 10.2 Å². The molecule has 0 saturated heterocycles. The van der Waals surface area contributed by atoms with Gasteiger partial charge in [-0.2, -0.15) is 0 Å². The number of halogens is 2. The first-order valence-corrected chi connectivity index (χ1v) is 10.4. The van der Waals surface area contributed by atoms with E-state index in [0.717, 1.165) is 5.56 Å². The van der Waals surface area contributed by atoms with Gasteiger partial charge in [0.2, 0.25) is 5.91 Å². The molecule has 2 aromatic heterocycles. The Morgan fingerprint density at radius 2 is 2.10 bits per heavy atom. The largest absolute Gasteiger partial charge is 0.483 e. The number of anilines is 1. The fourth-order valence-electron chi connectivity index (χ4n) is 2.55. The number of thioether (sulfide) groups is 1. The van der Waals surface area contributed by atoms with Crippen molar-refractivity contribution in [1.29, 1.82) is 0 Å². The van der Waals surface area contributed by atoms with Crippen molar-refractivity contribution in [2.45, 2.75) is 25.1 Å². The van der Waals surface area contributed by atoms with E-state index in [9.17, 15) is 4.79 Å². The molecule has 0 aliphatic carbocycles. The Kier molecular flexibility index (Phi) is 7.00. The molecular weight excluding hydrogens is 433 g/mol. The molecule has 1 unspecified atom stereocenters. The summed E-state index contributed by atoms with van der Waals surface area (Å²) in [4.78, 5) is 16.1. The summed E-state index contributed by atoms with van der Waals surface area (Å²) in [6, 6.07) is 8.87. The predicted octanol–water partition coefficient (Wildman–Crippen LogP) is 4.70. The molecule has 3 rings (SSSR count). The van der Waals surface area contributed by atoms with Crippen molar-refractivity contribution in [3.05, 3.63) is 58.1 Å². The van der Waals surface area contributed by atoms with Crippen LogP contribution in [0, 0.1) is 6.92 Å². The Bertz CT molecular complexity index is 1030. The Hall–Kier alpha value is -2.29. The van der Waals surface area contributed by atoms with E-state index in [1.807, 2.05) is 37.6 Å². The summed E-state index contributed by atoms with van der Waals surface area (Å²) in [7, 11) is 1.83. The van der Waals surface area contributed by atoms with Crippen LogP contribution in [0.1, 0.15) is 24.4 Å². The number of hydrogen-bond acceptors (Lipinski definition) is 6. The summed E-state index contributed by atoms with van der Waals surface area (Å²) in [5.74, 6) is 1.29. The number of aromatic nitrogens is 4. The number of nitrogens with zero attached hydrogens (tertiary/aromatic N) is 4. The first-order valence-electron chi connectivity index (χ1n) is 8.70. The molecule has 29 heavy (non-hydrogen) atoms. The number of hydrogen-bond donors (Lipinski definition) is 1. The summed E-state index contributed by atoms with van der Waals surface area (Å²) in [5, 5.41) is 12.6. The molecule has 1 N–H and O–H groups in total. The first kappa shape index (κ1) is 21.4. The Morgan fingerprint density at radius 3 is 2.83 bits per heavy atom. The van der Waals surface area contributed by atoms with Gasteiger partial charge in [0.1, 0.15) is 5.75 Å². The molecule has 0 aliphatic heterocycles. The lowest BCUT2D eigenvalue weighted by Gasteiger charge is -2.15. The van der Waals surface area contributed by atoms with Crippen LogP contribution in [-0.4, -0.2) is 31.4 Å². The minimum Gasteiger partial charge on any atom is -0.483 e. The predicted molar refractivity (Wildman–Crippen MR) is 115 cm³/mol. The fourth-order valence-corrected chi connectivity index (χ4v) is 3.55. The molecule has 152 valence electrons. The van der Waals surface area contributed by atoms with Gasteiger partial charge in [0.05, 0.1) is 11.4 Å². The van der Waals surface area contributed by atoms with Crippen LogP contribution in [0.3, 0.4) is 0 Å². The third-order valence-electron chi connectivity index (χ3n) is 4.04. The molecule has 0 saturated carbocycles. The highest BCUT2D eigenvalue weighted by molar-refractivity contribution is 7.99. The minimum atomic E-state index is -0.328. The number of ether oxygens (including phenoxy) is 1. The number of amides is 1. The maximum Gasteiger partial charge on any atom is 0.234 e. The SMILES string of the molecule is Cc1cc(OC(C)c2nnc(SCC(=O)Nc3cccnc3Cl)n2C)ccc1Cl. The van der Waals surface area contributed by atoms with Crippen molar-refractivity contribution >= 4 is 46.6 Å². The van der Waals surface area contributed by atoms with E-state index in [4.69, 9.17) is 27.9 Å². The van der Waals surface area contributed by atoms with Gasteiger partial charge in [-0.15, -0.1) is 10.2 Å². The molecule has 1 atom stereocenters. The number of carbonyl (C=O) groups is 1. The Morgan fingerprint density at radius 1 is 1.31 bits per heavy atom. The molecule has 1 aromatic carbocycles. The summed E-state index contributed by atoms with van der Waals surface area (Å²) in [6.45, 7) is 3.81. The quantitative estimate of drug-likeness (QED) is 0.414. The average Bonchev–Trinajstić information content (AvgIpc) is 3.05. The van der Waals surface area contributed by atoms with Crippen molar-refractivity contribution in [2.75, 3.05) is 11.1 Å². The van der Waals surface area contributed by atoms with Gasteiger partial charge in [-0.05, 0) is 49.7 Å². The van der Waals surface area contributed by atoms with Gasteiger partial charge < -0.3 is 14.6 Å². The number of carbonyl (C=O) groups excluding carboxylic acids is 1. The van der Waals surface area contributed by atoms with Crippen molar-refractivity contribution in [3.8, 4) is 5.75 Å². The van der Waals surface area contributed by atoms with Crippen LogP contribution in [-0.2, 0) is 11.8 Å². The lowest BCUT2D eigenvalue weighted by molar-refractivity contribution is -0.113. The number of pyridine rings is 1. The number of aryl methyl sites for hydroxylation is 1. The molecule has 0 aliphatic rings. The zero-order valence-corrected chi connectivity index (χ0v) is 18.3. The van der Waals surface area contributed by atoms with Crippen molar-refractivity contribution in [2.24, 2.45) is 7.05 Å². The van der Waals surface area contributed by atoms with E-state index in [2.05, 4.69) is 20.5 Å². The van der Waals surface area contributed by atoms with Crippen LogP contribution < -0.4 is 10.1 Å². The maximum absolute atomic E-state index is 12.2. The summed E-state index contributed by atoms with van der Waals surface area (Å²) < 4.78 is 7.76. The second kappa shape index (κ2) is 9.47. The summed E-state index contributed by atoms with van der Waals surface area (Å²) >= 11 is 13.3. The van der Waals surface area contributed by atoms with Crippen LogP contribution in [0.4, 0.5) is 5.69 Å². The molecule has 7 nitrogen and oxygen atoms in total. The molecular formula is C19H19Cl2N5O2S. The Balaban J connectivity index is 1.60. The van der Waals surface area contributed by atoms with E-state index in [-0.39, 0.29) is 22.9 Å². The molecule has 0 spiro atoms. The number of benzene rings is 1. The van der Waals surface area contributed by atoms with Gasteiger partial charge in [-0.3, -0.25) is 4.79 Å². The van der Waals surface area contributed by atoms with Gasteiger partial charge >= 0.3 is 0 Å². The minimum absolute atomic E-state index is 0.156. The third-order valence-corrected chi connectivity index (χ3v) is 5.79. The van der Waals surface area contributed by atoms with Crippen molar-refractivity contribution < 1.29 is 9.53 Å². The van der Waals surface area contributed by atoms with Gasteiger partial charge in [0.15, 0.2) is 22.2 Å². The van der Waals surface area contributed by atoms with E-state index in [1.54, 1.807) is 24.4 Å². The zero-order valence-electron chi connectivity index (χ0n) is 16.0. The van der Waals surface area contributed by atoms with Crippen LogP contribution in [0.5, 0.6) is 5.75 Å². The molecule has 3 aromatic rings. The highest BCUT2D eigenvalue weighted by atomic mass is 35.5. The lowest BCUT2D eigenvalue weighted by atomic mass is 10.2. The fraction of sp³-hybridized carbons (Fsp3) is 0.263. The van der Waals surface area contributed by atoms with Crippen molar-refractivity contribution in [3.63, 3.8) is 0 Å². The molecule has 1 amide bonds. The second-order valence-corrected chi connectivity index (χ2v) is 7.96. The second-order valence-electron chi connectivity index (χ2n) is 6.25. The lowest BCUT2D eigenvalue weighted by Crippen LogP contribution is -2.15. The first-order chi connectivity index (χ1) is 13.8. The van der Waals surface area contributed by atoms with Gasteiger partial charge in [-0.25, -0.2) is 4.98 Å².